The number of rotatable bonds is 5. The lowest BCUT2D eigenvalue weighted by molar-refractivity contribution is 0.315. The molecular weight excluding hydrogens is 400 g/mol. The van der Waals surface area contributed by atoms with Crippen LogP contribution >= 0.6 is 0 Å². The van der Waals surface area contributed by atoms with Crippen LogP contribution in [0.25, 0.3) is 5.65 Å². The lowest BCUT2D eigenvalue weighted by Gasteiger charge is -2.29. The number of anilines is 4. The van der Waals surface area contributed by atoms with Gasteiger partial charge in [-0.15, -0.1) is 5.10 Å². The summed E-state index contributed by atoms with van der Waals surface area (Å²) in [5.41, 5.74) is 17.8. The zero-order chi connectivity index (χ0) is 22.2. The Morgan fingerprint density at radius 1 is 1.06 bits per heavy atom. The van der Waals surface area contributed by atoms with Gasteiger partial charge < -0.3 is 26.6 Å². The first-order chi connectivity index (χ1) is 15.5. The van der Waals surface area contributed by atoms with Gasteiger partial charge in [-0.05, 0) is 76.4 Å². The minimum Gasteiger partial charge on any atom is -0.382 e. The van der Waals surface area contributed by atoms with E-state index in [1.54, 1.807) is 10.7 Å². The van der Waals surface area contributed by atoms with Crippen molar-refractivity contribution in [3.8, 4) is 0 Å². The van der Waals surface area contributed by atoms with Crippen LogP contribution in [0.3, 0.4) is 0 Å². The maximum absolute atomic E-state index is 6.47. The van der Waals surface area contributed by atoms with Crippen LogP contribution in [0.1, 0.15) is 43.6 Å². The van der Waals surface area contributed by atoms with E-state index in [1.165, 1.54) is 12.1 Å². The van der Waals surface area contributed by atoms with Crippen LogP contribution in [0.4, 0.5) is 22.9 Å². The lowest BCUT2D eigenvalue weighted by atomic mass is 9.81. The Balaban J connectivity index is 1.42. The molecule has 2 aliphatic rings. The number of fused-ring (bicyclic) bond motifs is 1. The number of hydrogen-bond donors (Lipinski definition) is 3. The fourth-order valence-corrected chi connectivity index (χ4v) is 5.22. The van der Waals surface area contributed by atoms with Gasteiger partial charge in [-0.2, -0.15) is 0 Å². The predicted octanol–water partition coefficient (Wildman–Crippen LogP) is 3.18. The molecule has 1 unspecified atom stereocenters. The van der Waals surface area contributed by atoms with E-state index >= 15 is 0 Å². The molecule has 1 aromatic carbocycles. The fraction of sp³-hybridized carbons (Fsp3) is 0.500. The first-order valence-electron chi connectivity index (χ1n) is 11.7. The van der Waals surface area contributed by atoms with Crippen LogP contribution in [0.2, 0.25) is 0 Å². The topological polar surface area (TPSA) is 101 Å². The second-order valence-electron chi connectivity index (χ2n) is 9.51. The number of benzene rings is 1. The van der Waals surface area contributed by atoms with E-state index in [2.05, 4.69) is 63.6 Å². The first kappa shape index (κ1) is 21.0. The molecule has 0 radical (unpaired) electrons. The van der Waals surface area contributed by atoms with Crippen molar-refractivity contribution in [3.63, 3.8) is 0 Å². The Morgan fingerprint density at radius 2 is 1.81 bits per heavy atom. The van der Waals surface area contributed by atoms with Gasteiger partial charge in [0.1, 0.15) is 5.82 Å². The molecule has 1 aliphatic heterocycles. The number of nitrogens with one attached hydrogen (secondary N) is 1. The summed E-state index contributed by atoms with van der Waals surface area (Å²) in [6.45, 7) is 2.17. The molecule has 3 aromatic rings. The Kier molecular flexibility index (Phi) is 5.65. The summed E-state index contributed by atoms with van der Waals surface area (Å²) in [6.07, 6.45) is 8.90. The van der Waals surface area contributed by atoms with Gasteiger partial charge in [-0.3, -0.25) is 0 Å². The zero-order valence-electron chi connectivity index (χ0n) is 19.0. The highest BCUT2D eigenvalue weighted by Gasteiger charge is 2.27. The average molecular weight is 435 g/mol. The molecule has 0 spiro atoms. The molecule has 1 aliphatic carbocycles. The number of nitrogens with two attached hydrogens (primary N) is 2. The third-order valence-electron chi connectivity index (χ3n) is 7.18. The first-order valence-corrected chi connectivity index (χ1v) is 11.7. The predicted molar refractivity (Wildman–Crippen MR) is 131 cm³/mol. The number of aromatic nitrogens is 3. The second-order valence-corrected chi connectivity index (χ2v) is 9.51. The summed E-state index contributed by atoms with van der Waals surface area (Å²) in [5.74, 6) is 0.917. The molecule has 8 nitrogen and oxygen atoms in total. The SMILES string of the molecule is CN(C)C1CCN(c2ccc(Nc3c(C4CCC(N)CC4)c(N)nn4ccnc34)cc2)C1. The standard InChI is InChI=1S/C24H34N8/c1-30(2)20-11-13-31(15-20)19-9-7-18(8-10-19)28-22-21(16-3-5-17(25)6-4-16)23(26)29-32-14-12-27-24(22)32/h7-10,12,14,16-17,20,28H,3-6,11,13,15,25H2,1-2H3,(H2,26,29). The summed E-state index contributed by atoms with van der Waals surface area (Å²) in [5, 5.41) is 8.20. The number of imidazole rings is 1. The maximum Gasteiger partial charge on any atom is 0.177 e. The summed E-state index contributed by atoms with van der Waals surface area (Å²) < 4.78 is 1.76. The Bertz CT molecular complexity index is 1070. The minimum absolute atomic E-state index is 0.289. The third kappa shape index (κ3) is 4.00. The molecule has 1 saturated carbocycles. The maximum atomic E-state index is 6.47. The second kappa shape index (κ2) is 8.60. The molecule has 170 valence electrons. The Morgan fingerprint density at radius 3 is 2.50 bits per heavy atom. The highest BCUT2D eigenvalue weighted by atomic mass is 15.3. The number of nitrogen functional groups attached to an aromatic ring is 1. The van der Waals surface area contributed by atoms with Gasteiger partial charge in [0.15, 0.2) is 5.65 Å². The molecule has 0 amide bonds. The number of nitrogens with zero attached hydrogens (tertiary/aromatic N) is 5. The van der Waals surface area contributed by atoms with Crippen molar-refractivity contribution in [2.75, 3.05) is 43.1 Å². The van der Waals surface area contributed by atoms with E-state index < -0.39 is 0 Å². The van der Waals surface area contributed by atoms with E-state index in [9.17, 15) is 0 Å². The van der Waals surface area contributed by atoms with Crippen LogP contribution < -0.4 is 21.7 Å². The van der Waals surface area contributed by atoms with Gasteiger partial charge in [0.2, 0.25) is 0 Å². The highest BCUT2D eigenvalue weighted by Crippen LogP contribution is 2.41. The van der Waals surface area contributed by atoms with Gasteiger partial charge in [-0.1, -0.05) is 0 Å². The molecule has 1 saturated heterocycles. The molecular formula is C24H34N8. The van der Waals surface area contributed by atoms with Gasteiger partial charge in [-0.25, -0.2) is 9.50 Å². The average Bonchev–Trinajstić information content (AvgIpc) is 3.45. The van der Waals surface area contributed by atoms with Crippen LogP contribution in [-0.2, 0) is 0 Å². The van der Waals surface area contributed by atoms with E-state index in [1.807, 2.05) is 6.20 Å². The highest BCUT2D eigenvalue weighted by molar-refractivity contribution is 5.81. The van der Waals surface area contributed by atoms with Crippen molar-refractivity contribution in [1.82, 2.24) is 19.5 Å². The fourth-order valence-electron chi connectivity index (χ4n) is 5.22. The smallest absolute Gasteiger partial charge is 0.177 e. The molecule has 2 fully saturated rings. The Labute approximate surface area is 189 Å². The van der Waals surface area contributed by atoms with E-state index in [0.717, 1.165) is 61.4 Å². The van der Waals surface area contributed by atoms with Crippen LogP contribution in [0.5, 0.6) is 0 Å². The number of hydrogen-bond acceptors (Lipinski definition) is 7. The summed E-state index contributed by atoms with van der Waals surface area (Å²) in [7, 11) is 4.32. The van der Waals surface area contributed by atoms with Crippen LogP contribution in [0.15, 0.2) is 36.7 Å². The molecule has 3 heterocycles. The largest absolute Gasteiger partial charge is 0.382 e. The third-order valence-corrected chi connectivity index (χ3v) is 7.18. The summed E-state index contributed by atoms with van der Waals surface area (Å²) >= 11 is 0. The number of likely N-dealkylation sites (N-methyl/N-ethyl adjacent to an activating group) is 1. The van der Waals surface area contributed by atoms with Crippen molar-refractivity contribution in [2.45, 2.75) is 50.1 Å². The van der Waals surface area contributed by atoms with Crippen molar-refractivity contribution in [2.24, 2.45) is 5.73 Å². The zero-order valence-corrected chi connectivity index (χ0v) is 19.0. The van der Waals surface area contributed by atoms with E-state index in [0.29, 0.717) is 17.8 Å². The summed E-state index contributed by atoms with van der Waals surface area (Å²) in [4.78, 5) is 9.36. The van der Waals surface area contributed by atoms with Gasteiger partial charge >= 0.3 is 0 Å². The van der Waals surface area contributed by atoms with Gasteiger partial charge in [0, 0.05) is 54.5 Å². The monoisotopic (exact) mass is 434 g/mol. The van der Waals surface area contributed by atoms with Crippen molar-refractivity contribution >= 4 is 28.5 Å². The Hall–Kier alpha value is -2.84. The molecule has 5 rings (SSSR count). The molecule has 2 aromatic heterocycles. The lowest BCUT2D eigenvalue weighted by Crippen LogP contribution is -2.31. The normalized spacial score (nSPS) is 23.9. The molecule has 1 atom stereocenters. The summed E-state index contributed by atoms with van der Waals surface area (Å²) in [6, 6.07) is 9.61. The van der Waals surface area contributed by atoms with E-state index in [4.69, 9.17) is 11.5 Å². The van der Waals surface area contributed by atoms with Crippen LogP contribution in [0, 0.1) is 0 Å². The van der Waals surface area contributed by atoms with Gasteiger partial charge in [0.25, 0.3) is 0 Å². The molecule has 0 bridgehead atoms. The molecule has 32 heavy (non-hydrogen) atoms. The van der Waals surface area contributed by atoms with Crippen molar-refractivity contribution < 1.29 is 0 Å². The van der Waals surface area contributed by atoms with Gasteiger partial charge in [0.05, 0.1) is 5.69 Å². The van der Waals surface area contributed by atoms with Crippen molar-refractivity contribution in [1.29, 1.82) is 0 Å². The minimum atomic E-state index is 0.289. The molecule has 5 N–H and O–H groups in total. The van der Waals surface area contributed by atoms with E-state index in [-0.39, 0.29) is 6.04 Å². The molecule has 8 heteroatoms. The van der Waals surface area contributed by atoms with Crippen molar-refractivity contribution in [3.05, 3.63) is 42.2 Å². The van der Waals surface area contributed by atoms with Crippen LogP contribution in [-0.4, -0.2) is 58.8 Å². The quantitative estimate of drug-likeness (QED) is 0.567.